The van der Waals surface area contributed by atoms with E-state index in [1.54, 1.807) is 0 Å². The van der Waals surface area contributed by atoms with Crippen LogP contribution in [0.4, 0.5) is 57.1 Å². The molecule has 0 spiro atoms. The third-order valence-corrected chi connectivity index (χ3v) is 4.81. The quantitative estimate of drug-likeness (QED) is 0.213. The van der Waals surface area contributed by atoms with Crippen molar-refractivity contribution in [2.75, 3.05) is 11.6 Å². The zero-order valence-electron chi connectivity index (χ0n) is 13.8. The van der Waals surface area contributed by atoms with Crippen molar-refractivity contribution < 1.29 is 57.1 Å². The molecular formula is C11H9F13N4S2. The van der Waals surface area contributed by atoms with Crippen LogP contribution in [-0.2, 0) is 5.75 Å². The van der Waals surface area contributed by atoms with Gasteiger partial charge in [0.15, 0.2) is 5.82 Å². The molecule has 1 heterocycles. The molecule has 0 radical (unpaired) electrons. The van der Waals surface area contributed by atoms with Crippen LogP contribution >= 0.6 is 24.0 Å². The summed E-state index contributed by atoms with van der Waals surface area (Å²) in [5.74, 6) is -33.1. The van der Waals surface area contributed by atoms with Crippen LogP contribution in [0.15, 0.2) is 0 Å². The minimum Gasteiger partial charge on any atom is -0.335 e. The Balaban J connectivity index is 3.02. The lowest BCUT2D eigenvalue weighted by Crippen LogP contribution is -2.70. The fourth-order valence-corrected chi connectivity index (χ4v) is 2.84. The van der Waals surface area contributed by atoms with Gasteiger partial charge in [-0.15, -0.1) is 0 Å². The van der Waals surface area contributed by atoms with Crippen molar-refractivity contribution in [1.29, 1.82) is 0 Å². The highest BCUT2D eigenvalue weighted by atomic mass is 32.2. The van der Waals surface area contributed by atoms with Gasteiger partial charge in [-0.1, -0.05) is 0 Å². The highest BCUT2D eigenvalue weighted by molar-refractivity contribution is 7.98. The lowest BCUT2D eigenvalue weighted by Gasteiger charge is -2.39. The molecule has 0 amide bonds. The molecule has 0 aliphatic rings. The van der Waals surface area contributed by atoms with E-state index in [0.717, 1.165) is 4.68 Å². The Kier molecular flexibility index (Phi) is 7.05. The van der Waals surface area contributed by atoms with E-state index >= 15 is 0 Å². The summed E-state index contributed by atoms with van der Waals surface area (Å²) in [6.07, 6.45) is -9.71. The summed E-state index contributed by atoms with van der Waals surface area (Å²) in [6, 6.07) is 0. The molecule has 30 heavy (non-hydrogen) atoms. The second-order valence-electron chi connectivity index (χ2n) is 5.62. The normalized spacial score (nSPS) is 15.0. The third-order valence-electron chi connectivity index (χ3n) is 3.57. The molecule has 0 bridgehead atoms. The van der Waals surface area contributed by atoms with E-state index in [9.17, 15) is 57.1 Å². The van der Waals surface area contributed by atoms with Gasteiger partial charge in [-0.3, -0.25) is 5.10 Å². The Morgan fingerprint density at radius 2 is 1.30 bits per heavy atom. The Morgan fingerprint density at radius 3 is 1.70 bits per heavy atom. The molecule has 0 aliphatic heterocycles. The van der Waals surface area contributed by atoms with Crippen LogP contribution in [-0.4, -0.2) is 56.4 Å². The summed E-state index contributed by atoms with van der Waals surface area (Å²) in [7, 11) is 0. The van der Waals surface area contributed by atoms with Crippen molar-refractivity contribution in [2.45, 2.75) is 48.0 Å². The van der Waals surface area contributed by atoms with Crippen molar-refractivity contribution in [3.05, 3.63) is 10.6 Å². The van der Waals surface area contributed by atoms with E-state index in [2.05, 4.69) is 22.4 Å². The Labute approximate surface area is 166 Å². The smallest absolute Gasteiger partial charge is 0.335 e. The maximum absolute atomic E-state index is 13.6. The summed E-state index contributed by atoms with van der Waals surface area (Å²) in [6.45, 7) is 0. The molecule has 0 fully saturated rings. The molecule has 0 aromatic carbocycles. The lowest BCUT2D eigenvalue weighted by atomic mass is 9.93. The number of aromatic amines is 1. The number of nitrogens with one attached hydrogen (secondary N) is 1. The number of H-pyrrole nitrogens is 1. The maximum Gasteiger partial charge on any atom is 0.460 e. The molecule has 0 unspecified atom stereocenters. The minimum absolute atomic E-state index is 0.123. The number of thioether (sulfide) groups is 1. The standard InChI is InChI=1S/C11H9F13N4S2/c12-6(13,1-2-30-3-4-26-27-5(29)28(4)25)7(14,15)8(16,17)9(18,19)10(20,21)11(22,23)24/h1-3,25H2,(H,27,29). The van der Waals surface area contributed by atoms with Crippen molar-refractivity contribution in [1.82, 2.24) is 14.9 Å². The molecule has 0 atom stereocenters. The van der Waals surface area contributed by atoms with Gasteiger partial charge in [0, 0.05) is 6.42 Å². The van der Waals surface area contributed by atoms with Crippen LogP contribution in [0.25, 0.3) is 0 Å². The Bertz CT molecular complexity index is 798. The molecule has 1 aromatic heterocycles. The maximum atomic E-state index is 13.6. The first-order chi connectivity index (χ1) is 13.1. The first kappa shape index (κ1) is 26.6. The van der Waals surface area contributed by atoms with Crippen molar-refractivity contribution in [2.24, 2.45) is 0 Å². The number of nitrogens with zero attached hydrogens (tertiary/aromatic N) is 2. The summed E-state index contributed by atoms with van der Waals surface area (Å²) < 4.78 is 169. The number of aromatic nitrogens is 3. The lowest BCUT2D eigenvalue weighted by molar-refractivity contribution is -0.439. The van der Waals surface area contributed by atoms with E-state index in [0.29, 0.717) is 11.8 Å². The van der Waals surface area contributed by atoms with E-state index in [4.69, 9.17) is 5.84 Å². The predicted molar refractivity (Wildman–Crippen MR) is 79.1 cm³/mol. The summed E-state index contributed by atoms with van der Waals surface area (Å²) in [5, 5.41) is 5.62. The highest BCUT2D eigenvalue weighted by Gasteiger charge is 2.90. The van der Waals surface area contributed by atoms with Gasteiger partial charge in [0.25, 0.3) is 0 Å². The van der Waals surface area contributed by atoms with Gasteiger partial charge in [-0.25, -0.2) is 4.68 Å². The average molecular weight is 508 g/mol. The second-order valence-corrected chi connectivity index (χ2v) is 7.11. The largest absolute Gasteiger partial charge is 0.460 e. The molecule has 176 valence electrons. The third kappa shape index (κ3) is 4.18. The molecule has 3 N–H and O–H groups in total. The van der Waals surface area contributed by atoms with Crippen LogP contribution in [0.2, 0.25) is 0 Å². The fraction of sp³-hybridized carbons (Fsp3) is 0.818. The van der Waals surface area contributed by atoms with E-state index in [-0.39, 0.29) is 10.6 Å². The van der Waals surface area contributed by atoms with Crippen LogP contribution in [0.5, 0.6) is 0 Å². The summed E-state index contributed by atoms with van der Waals surface area (Å²) in [4.78, 5) is 0. The topological polar surface area (TPSA) is 59.6 Å². The highest BCUT2D eigenvalue weighted by Crippen LogP contribution is 2.60. The second kappa shape index (κ2) is 7.94. The average Bonchev–Trinajstić information content (AvgIpc) is 2.89. The van der Waals surface area contributed by atoms with E-state index in [1.165, 1.54) is 0 Å². The number of hydrogen-bond acceptors (Lipinski definition) is 4. The van der Waals surface area contributed by atoms with Gasteiger partial charge in [0.2, 0.25) is 4.77 Å². The number of alkyl halides is 13. The molecule has 19 heteroatoms. The molecule has 1 rings (SSSR count). The number of nitrogen functional groups attached to an aromatic ring is 1. The van der Waals surface area contributed by atoms with Gasteiger partial charge in [-0.2, -0.15) is 73.9 Å². The Morgan fingerprint density at radius 1 is 0.833 bits per heavy atom. The van der Waals surface area contributed by atoms with Crippen molar-refractivity contribution in [3.63, 3.8) is 0 Å². The molecule has 1 aromatic rings. The monoisotopic (exact) mass is 508 g/mol. The first-order valence-corrected chi connectivity index (χ1v) is 8.66. The first-order valence-electron chi connectivity index (χ1n) is 7.10. The van der Waals surface area contributed by atoms with Crippen LogP contribution in [0, 0.1) is 4.77 Å². The van der Waals surface area contributed by atoms with Crippen LogP contribution < -0.4 is 5.84 Å². The zero-order chi connectivity index (χ0) is 24.0. The molecular weight excluding hydrogens is 499 g/mol. The van der Waals surface area contributed by atoms with Gasteiger partial charge in [-0.05, 0) is 18.0 Å². The van der Waals surface area contributed by atoms with Gasteiger partial charge in [0.05, 0.1) is 5.75 Å². The SMILES string of the molecule is Nn1c(CSCCC(F)(F)C(F)(F)C(F)(F)C(F)(F)C(F)(F)C(F)(F)F)n[nH]c1=S. The van der Waals surface area contributed by atoms with Gasteiger partial charge < -0.3 is 5.84 Å². The van der Waals surface area contributed by atoms with Gasteiger partial charge in [0.1, 0.15) is 0 Å². The van der Waals surface area contributed by atoms with E-state index < -0.39 is 53.7 Å². The molecule has 0 aliphatic carbocycles. The molecule has 0 saturated carbocycles. The number of hydrogen-bond donors (Lipinski definition) is 2. The molecule has 4 nitrogen and oxygen atoms in total. The number of halogens is 13. The van der Waals surface area contributed by atoms with Crippen molar-refractivity contribution >= 4 is 24.0 Å². The summed E-state index contributed by atoms with van der Waals surface area (Å²) >= 11 is 4.89. The van der Waals surface area contributed by atoms with Crippen molar-refractivity contribution in [3.8, 4) is 0 Å². The molecule has 0 saturated heterocycles. The van der Waals surface area contributed by atoms with E-state index in [1.807, 2.05) is 0 Å². The number of nitrogens with two attached hydrogens (primary N) is 1. The van der Waals surface area contributed by atoms with Gasteiger partial charge >= 0.3 is 35.8 Å². The fourth-order valence-electron chi connectivity index (χ4n) is 1.76. The zero-order valence-corrected chi connectivity index (χ0v) is 15.5. The predicted octanol–water partition coefficient (Wildman–Crippen LogP) is 5.02. The minimum atomic E-state index is -7.89. The Hall–Kier alpha value is -1.40. The van der Waals surface area contributed by atoms with Crippen LogP contribution in [0.1, 0.15) is 12.2 Å². The summed E-state index contributed by atoms with van der Waals surface area (Å²) in [5.41, 5.74) is 0. The van der Waals surface area contributed by atoms with Crippen LogP contribution in [0.3, 0.4) is 0 Å². The number of rotatable bonds is 9.